The predicted octanol–water partition coefficient (Wildman–Crippen LogP) is 13.8. The van der Waals surface area contributed by atoms with Gasteiger partial charge in [-0.1, -0.05) is 129 Å². The Balaban J connectivity index is 1.07. The molecule has 4 nitrogen and oxygen atoms in total. The summed E-state index contributed by atoms with van der Waals surface area (Å²) in [6.45, 7) is 4.66. The zero-order valence-corrected chi connectivity index (χ0v) is 30.5. The van der Waals surface area contributed by atoms with Crippen molar-refractivity contribution in [2.75, 3.05) is 4.90 Å². The highest BCUT2D eigenvalue weighted by atomic mass is 16.3. The van der Waals surface area contributed by atoms with Gasteiger partial charge in [0.1, 0.15) is 11.2 Å². The van der Waals surface area contributed by atoms with E-state index < -0.39 is 0 Å². The Kier molecular flexibility index (Phi) is 6.86. The maximum Gasteiger partial charge on any atom is 0.160 e. The molecule has 2 heterocycles. The molecular weight excluding hydrogens is 671 g/mol. The molecule has 0 bridgehead atoms. The van der Waals surface area contributed by atoms with Gasteiger partial charge in [-0.25, -0.2) is 9.97 Å². The quantitative estimate of drug-likeness (QED) is 0.179. The number of hydrogen-bond acceptors (Lipinski definition) is 4. The minimum atomic E-state index is -0.113. The second kappa shape index (κ2) is 12.0. The Morgan fingerprint density at radius 3 is 2.04 bits per heavy atom. The largest absolute Gasteiger partial charge is 0.455 e. The molecule has 260 valence electrons. The molecule has 1 aliphatic rings. The third-order valence-electron chi connectivity index (χ3n) is 11.4. The van der Waals surface area contributed by atoms with Crippen molar-refractivity contribution in [2.24, 2.45) is 0 Å². The van der Waals surface area contributed by atoms with Crippen LogP contribution in [0, 0.1) is 0 Å². The van der Waals surface area contributed by atoms with Crippen molar-refractivity contribution in [1.82, 2.24) is 9.97 Å². The fourth-order valence-corrected chi connectivity index (χ4v) is 8.72. The lowest BCUT2D eigenvalue weighted by Crippen LogP contribution is -2.16. The van der Waals surface area contributed by atoms with E-state index in [1.807, 2.05) is 6.07 Å². The SMILES string of the molecule is CC1(C)c2ccccc2-c2ccc(N(c3ccccc3)c3cccc(-c4nc(-c5cccc6c5oc5cc7ccccc7cc56)c5ccccc5n4)c3)cc21. The fourth-order valence-electron chi connectivity index (χ4n) is 8.72. The lowest BCUT2D eigenvalue weighted by Gasteiger charge is -2.28. The summed E-state index contributed by atoms with van der Waals surface area (Å²) in [4.78, 5) is 12.9. The molecular formula is C51H35N3O. The first-order chi connectivity index (χ1) is 27.0. The van der Waals surface area contributed by atoms with Crippen LogP contribution in [0.25, 0.3) is 77.4 Å². The van der Waals surface area contributed by atoms with Gasteiger partial charge in [0.05, 0.1) is 11.2 Å². The van der Waals surface area contributed by atoms with Crippen molar-refractivity contribution in [2.45, 2.75) is 19.3 Å². The predicted molar refractivity (Wildman–Crippen MR) is 227 cm³/mol. The Hall–Kier alpha value is -7.04. The summed E-state index contributed by atoms with van der Waals surface area (Å²) in [5, 5.41) is 5.50. The maximum atomic E-state index is 6.69. The Labute approximate surface area is 319 Å². The van der Waals surface area contributed by atoms with Crippen LogP contribution in [0.2, 0.25) is 0 Å². The molecule has 0 aliphatic heterocycles. The molecule has 11 rings (SSSR count). The molecule has 4 heteroatoms. The van der Waals surface area contributed by atoms with E-state index in [1.54, 1.807) is 0 Å². The molecule has 0 N–H and O–H groups in total. The standard InChI is InChI=1S/C51H35N3O/c1-51(2)44-24-10-8-20-38(44)39-27-26-37(31-45(39)51)54(35-17-4-3-5-18-35)36-19-12-16-34(28-36)50-52-46-25-11-9-21-41(46)48(53-50)42-23-13-22-40-43-29-32-14-6-7-15-33(32)30-47(43)55-49(40)42/h3-31H,1-2H3. The number of para-hydroxylation sites is 3. The number of fused-ring (bicyclic) bond motifs is 8. The number of hydrogen-bond donors (Lipinski definition) is 0. The maximum absolute atomic E-state index is 6.69. The minimum absolute atomic E-state index is 0.113. The summed E-state index contributed by atoms with van der Waals surface area (Å²) in [7, 11) is 0. The smallest absolute Gasteiger partial charge is 0.160 e. The lowest BCUT2D eigenvalue weighted by molar-refractivity contribution is 0.660. The molecule has 0 unspecified atom stereocenters. The molecule has 0 saturated carbocycles. The topological polar surface area (TPSA) is 42.2 Å². The highest BCUT2D eigenvalue weighted by Crippen LogP contribution is 2.51. The van der Waals surface area contributed by atoms with Crippen molar-refractivity contribution in [3.8, 4) is 33.8 Å². The highest BCUT2D eigenvalue weighted by Gasteiger charge is 2.35. The van der Waals surface area contributed by atoms with Gasteiger partial charge < -0.3 is 9.32 Å². The van der Waals surface area contributed by atoms with Crippen LogP contribution in [-0.2, 0) is 5.41 Å². The Morgan fingerprint density at radius 2 is 1.15 bits per heavy atom. The van der Waals surface area contributed by atoms with Crippen molar-refractivity contribution in [3.05, 3.63) is 187 Å². The van der Waals surface area contributed by atoms with E-state index in [9.17, 15) is 0 Å². The average Bonchev–Trinajstić information content (AvgIpc) is 3.71. The number of anilines is 3. The lowest BCUT2D eigenvalue weighted by atomic mass is 9.82. The summed E-state index contributed by atoms with van der Waals surface area (Å²) < 4.78 is 6.69. The zero-order valence-electron chi connectivity index (χ0n) is 30.5. The van der Waals surface area contributed by atoms with Crippen LogP contribution in [-0.4, -0.2) is 9.97 Å². The van der Waals surface area contributed by atoms with Gasteiger partial charge in [-0.2, -0.15) is 0 Å². The van der Waals surface area contributed by atoms with Gasteiger partial charge >= 0.3 is 0 Å². The normalized spacial score (nSPS) is 13.1. The van der Waals surface area contributed by atoms with Crippen molar-refractivity contribution < 1.29 is 4.42 Å². The fraction of sp³-hybridized carbons (Fsp3) is 0.0588. The van der Waals surface area contributed by atoms with E-state index in [4.69, 9.17) is 14.4 Å². The van der Waals surface area contributed by atoms with E-state index in [0.717, 1.165) is 72.1 Å². The molecule has 1 aliphatic carbocycles. The summed E-state index contributed by atoms with van der Waals surface area (Å²) in [5.74, 6) is 0.660. The van der Waals surface area contributed by atoms with Gasteiger partial charge in [0.25, 0.3) is 0 Å². The van der Waals surface area contributed by atoms with Crippen molar-refractivity contribution in [1.29, 1.82) is 0 Å². The third-order valence-corrected chi connectivity index (χ3v) is 11.4. The van der Waals surface area contributed by atoms with Gasteiger partial charge in [0, 0.05) is 49.8 Å². The van der Waals surface area contributed by atoms with Gasteiger partial charge in [-0.15, -0.1) is 0 Å². The van der Waals surface area contributed by atoms with Crippen LogP contribution in [0.3, 0.4) is 0 Å². The first-order valence-corrected chi connectivity index (χ1v) is 18.8. The molecule has 10 aromatic rings. The van der Waals surface area contributed by atoms with Crippen molar-refractivity contribution >= 4 is 60.7 Å². The van der Waals surface area contributed by atoms with E-state index in [-0.39, 0.29) is 5.41 Å². The summed E-state index contributed by atoms with van der Waals surface area (Å²) in [6, 6.07) is 62.3. The van der Waals surface area contributed by atoms with Crippen LogP contribution in [0.15, 0.2) is 180 Å². The second-order valence-corrected chi connectivity index (χ2v) is 15.0. The Morgan fingerprint density at radius 1 is 0.473 bits per heavy atom. The van der Waals surface area contributed by atoms with Crippen LogP contribution in [0.5, 0.6) is 0 Å². The monoisotopic (exact) mass is 705 g/mol. The van der Waals surface area contributed by atoms with Crippen LogP contribution in [0.1, 0.15) is 25.0 Å². The zero-order chi connectivity index (χ0) is 36.7. The molecule has 0 spiro atoms. The summed E-state index contributed by atoms with van der Waals surface area (Å²) in [5.41, 5.74) is 13.7. The molecule has 0 fully saturated rings. The molecule has 0 radical (unpaired) electrons. The molecule has 2 aromatic heterocycles. The second-order valence-electron chi connectivity index (χ2n) is 15.0. The Bertz CT molecular complexity index is 3140. The van der Waals surface area contributed by atoms with Crippen molar-refractivity contribution in [3.63, 3.8) is 0 Å². The molecule has 0 atom stereocenters. The first-order valence-electron chi connectivity index (χ1n) is 18.8. The molecule has 55 heavy (non-hydrogen) atoms. The highest BCUT2D eigenvalue weighted by molar-refractivity contribution is 6.14. The van der Waals surface area contributed by atoms with E-state index in [0.29, 0.717) is 5.82 Å². The summed E-state index contributed by atoms with van der Waals surface area (Å²) >= 11 is 0. The number of nitrogens with zero attached hydrogens (tertiary/aromatic N) is 3. The van der Waals surface area contributed by atoms with Crippen LogP contribution in [0.4, 0.5) is 17.1 Å². The van der Waals surface area contributed by atoms with Crippen LogP contribution < -0.4 is 4.90 Å². The third kappa shape index (κ3) is 4.92. The first kappa shape index (κ1) is 31.5. The van der Waals surface area contributed by atoms with Gasteiger partial charge in [-0.05, 0) is 93.7 Å². The number of rotatable bonds is 5. The van der Waals surface area contributed by atoms with E-state index in [2.05, 4.69) is 189 Å². The number of aromatic nitrogens is 2. The molecule has 0 amide bonds. The van der Waals surface area contributed by atoms with Gasteiger partial charge in [-0.3, -0.25) is 0 Å². The van der Waals surface area contributed by atoms with E-state index >= 15 is 0 Å². The molecule has 8 aromatic carbocycles. The van der Waals surface area contributed by atoms with Gasteiger partial charge in [0.15, 0.2) is 5.82 Å². The number of furan rings is 1. The minimum Gasteiger partial charge on any atom is -0.455 e. The molecule has 0 saturated heterocycles. The van der Waals surface area contributed by atoms with Gasteiger partial charge in [0.2, 0.25) is 0 Å². The average molecular weight is 706 g/mol. The number of benzene rings is 8. The van der Waals surface area contributed by atoms with E-state index in [1.165, 1.54) is 27.6 Å². The van der Waals surface area contributed by atoms with Crippen LogP contribution >= 0.6 is 0 Å². The summed E-state index contributed by atoms with van der Waals surface area (Å²) in [6.07, 6.45) is 0.